The van der Waals surface area contributed by atoms with Crippen molar-refractivity contribution in [2.24, 2.45) is 0 Å². The second-order valence-electron chi connectivity index (χ2n) is 6.44. The highest BCUT2D eigenvalue weighted by Crippen LogP contribution is 2.27. The Morgan fingerprint density at radius 1 is 1.22 bits per heavy atom. The molecule has 2 aromatic carbocycles. The second kappa shape index (κ2) is 8.29. The van der Waals surface area contributed by atoms with Crippen LogP contribution in [0.1, 0.15) is 18.4 Å². The average molecular weight is 409 g/mol. The van der Waals surface area contributed by atoms with Crippen molar-refractivity contribution in [3.8, 4) is 5.75 Å². The largest absolute Gasteiger partial charge is 0.495 e. The number of rotatable bonds is 8. The van der Waals surface area contributed by atoms with Crippen molar-refractivity contribution < 1.29 is 17.9 Å². The molecule has 6 nitrogen and oxygen atoms in total. The minimum atomic E-state index is -4.03. The number of hydrogen-bond donors (Lipinski definition) is 2. The molecule has 1 aliphatic rings. The van der Waals surface area contributed by atoms with E-state index in [-0.39, 0.29) is 34.0 Å². The molecule has 1 aliphatic carbocycles. The molecule has 3 rings (SSSR count). The molecular formula is C19H21ClN2O4S. The zero-order valence-corrected chi connectivity index (χ0v) is 16.4. The first kappa shape index (κ1) is 19.7. The highest BCUT2D eigenvalue weighted by Gasteiger charge is 2.31. The Hall–Kier alpha value is -2.09. The van der Waals surface area contributed by atoms with Crippen molar-refractivity contribution in [2.45, 2.75) is 36.2 Å². The molecular weight excluding hydrogens is 388 g/mol. The van der Waals surface area contributed by atoms with E-state index in [0.717, 1.165) is 18.4 Å². The van der Waals surface area contributed by atoms with Crippen molar-refractivity contribution in [1.82, 2.24) is 10.0 Å². The first-order chi connectivity index (χ1) is 12.9. The van der Waals surface area contributed by atoms with Crippen LogP contribution in [0.25, 0.3) is 0 Å². The molecule has 0 unspecified atom stereocenters. The molecule has 0 aromatic heterocycles. The number of carbonyl (C=O) groups excluding carboxylic acids is 1. The minimum absolute atomic E-state index is 0.102. The van der Waals surface area contributed by atoms with Crippen molar-refractivity contribution in [3.05, 3.63) is 59.1 Å². The Morgan fingerprint density at radius 3 is 2.56 bits per heavy atom. The van der Waals surface area contributed by atoms with Crippen LogP contribution in [0.15, 0.2) is 53.4 Å². The lowest BCUT2D eigenvalue weighted by atomic mass is 10.1. The van der Waals surface area contributed by atoms with E-state index in [1.165, 1.54) is 19.2 Å². The summed E-state index contributed by atoms with van der Waals surface area (Å²) in [5, 5.41) is 3.13. The summed E-state index contributed by atoms with van der Waals surface area (Å²) < 4.78 is 33.5. The third-order valence-electron chi connectivity index (χ3n) is 4.24. The van der Waals surface area contributed by atoms with E-state index in [9.17, 15) is 13.2 Å². The van der Waals surface area contributed by atoms with Gasteiger partial charge in [0.2, 0.25) is 15.9 Å². The Balaban J connectivity index is 1.87. The van der Waals surface area contributed by atoms with Crippen molar-refractivity contribution in [3.63, 3.8) is 0 Å². The lowest BCUT2D eigenvalue weighted by Crippen LogP contribution is -2.48. The molecule has 2 aromatic rings. The highest BCUT2D eigenvalue weighted by atomic mass is 35.5. The summed E-state index contributed by atoms with van der Waals surface area (Å²) >= 11 is 5.96. The Labute approximate surface area is 163 Å². The number of benzene rings is 2. The van der Waals surface area contributed by atoms with Gasteiger partial charge in [-0.25, -0.2) is 8.42 Å². The third kappa shape index (κ3) is 5.22. The maximum atomic E-state index is 12.9. The fourth-order valence-corrected chi connectivity index (χ4v) is 4.31. The van der Waals surface area contributed by atoms with Gasteiger partial charge in [-0.2, -0.15) is 4.72 Å². The summed E-state index contributed by atoms with van der Waals surface area (Å²) in [7, 11) is -2.65. The number of halogens is 1. The summed E-state index contributed by atoms with van der Waals surface area (Å²) in [5.74, 6) is -0.182. The van der Waals surface area contributed by atoms with Crippen molar-refractivity contribution in [1.29, 1.82) is 0 Å². The second-order valence-corrected chi connectivity index (χ2v) is 8.56. The van der Waals surface area contributed by atoms with Gasteiger partial charge in [0.05, 0.1) is 7.11 Å². The van der Waals surface area contributed by atoms with E-state index in [1.807, 2.05) is 30.3 Å². The quantitative estimate of drug-likeness (QED) is 0.702. The molecule has 0 aliphatic heterocycles. The number of carbonyl (C=O) groups is 1. The lowest BCUT2D eigenvalue weighted by molar-refractivity contribution is -0.122. The molecule has 0 bridgehead atoms. The molecule has 0 heterocycles. The van der Waals surface area contributed by atoms with Gasteiger partial charge in [0.1, 0.15) is 16.7 Å². The Bertz CT molecular complexity index is 915. The van der Waals surface area contributed by atoms with Crippen LogP contribution in [0.4, 0.5) is 0 Å². The predicted octanol–water partition coefficient (Wildman–Crippen LogP) is 2.52. The molecule has 2 N–H and O–H groups in total. The molecule has 1 atom stereocenters. The van der Waals surface area contributed by atoms with E-state index >= 15 is 0 Å². The number of ether oxygens (including phenoxy) is 1. The monoisotopic (exact) mass is 408 g/mol. The van der Waals surface area contributed by atoms with Gasteiger partial charge in [-0.1, -0.05) is 41.9 Å². The number of sulfonamides is 1. The van der Waals surface area contributed by atoms with Gasteiger partial charge < -0.3 is 10.1 Å². The number of amides is 1. The van der Waals surface area contributed by atoms with Crippen LogP contribution in [-0.4, -0.2) is 33.5 Å². The van der Waals surface area contributed by atoms with Crippen molar-refractivity contribution >= 4 is 27.5 Å². The van der Waals surface area contributed by atoms with Crippen LogP contribution in [0.5, 0.6) is 5.75 Å². The van der Waals surface area contributed by atoms with Crippen LogP contribution in [0.2, 0.25) is 5.02 Å². The van der Waals surface area contributed by atoms with Crippen molar-refractivity contribution in [2.75, 3.05) is 7.11 Å². The minimum Gasteiger partial charge on any atom is -0.495 e. The Kier molecular flexibility index (Phi) is 6.04. The van der Waals surface area contributed by atoms with Crippen LogP contribution in [0.3, 0.4) is 0 Å². The zero-order valence-electron chi connectivity index (χ0n) is 14.8. The number of nitrogens with one attached hydrogen (secondary N) is 2. The topological polar surface area (TPSA) is 84.5 Å². The number of hydrogen-bond acceptors (Lipinski definition) is 4. The maximum absolute atomic E-state index is 12.9. The zero-order chi connectivity index (χ0) is 19.4. The van der Waals surface area contributed by atoms with Crippen LogP contribution in [0, 0.1) is 0 Å². The fourth-order valence-electron chi connectivity index (χ4n) is 2.68. The summed E-state index contributed by atoms with van der Waals surface area (Å²) in [4.78, 5) is 12.5. The summed E-state index contributed by atoms with van der Waals surface area (Å²) in [6.45, 7) is 0. The molecule has 0 spiro atoms. The average Bonchev–Trinajstić information content (AvgIpc) is 3.46. The molecule has 144 valence electrons. The van der Waals surface area contributed by atoms with E-state index in [1.54, 1.807) is 6.07 Å². The smallest absolute Gasteiger partial charge is 0.245 e. The van der Waals surface area contributed by atoms with E-state index in [0.29, 0.717) is 0 Å². The van der Waals surface area contributed by atoms with Gasteiger partial charge >= 0.3 is 0 Å². The first-order valence-electron chi connectivity index (χ1n) is 8.59. The molecule has 1 saturated carbocycles. The van der Waals surface area contributed by atoms with E-state index < -0.39 is 16.1 Å². The van der Waals surface area contributed by atoms with Gasteiger partial charge in [-0.05, 0) is 43.0 Å². The van der Waals surface area contributed by atoms with E-state index in [2.05, 4.69) is 10.0 Å². The molecule has 8 heteroatoms. The third-order valence-corrected chi connectivity index (χ3v) is 5.96. The van der Waals surface area contributed by atoms with Crippen LogP contribution in [-0.2, 0) is 21.2 Å². The summed E-state index contributed by atoms with van der Waals surface area (Å²) in [6, 6.07) is 12.8. The maximum Gasteiger partial charge on any atom is 0.245 e. The fraction of sp³-hybridized carbons (Fsp3) is 0.316. The normalized spacial score (nSPS) is 15.2. The van der Waals surface area contributed by atoms with Crippen LogP contribution >= 0.6 is 11.6 Å². The Morgan fingerprint density at radius 2 is 1.93 bits per heavy atom. The lowest BCUT2D eigenvalue weighted by Gasteiger charge is -2.19. The molecule has 1 fully saturated rings. The van der Waals surface area contributed by atoms with E-state index in [4.69, 9.17) is 16.3 Å². The molecule has 0 radical (unpaired) electrons. The first-order valence-corrected chi connectivity index (χ1v) is 10.5. The molecule has 1 amide bonds. The van der Waals surface area contributed by atoms with Gasteiger partial charge in [-0.15, -0.1) is 0 Å². The summed E-state index contributed by atoms with van der Waals surface area (Å²) in [6.07, 6.45) is 2.07. The van der Waals surface area contributed by atoms with Gasteiger partial charge in [0.25, 0.3) is 0 Å². The SMILES string of the molecule is COc1ccc(Cl)cc1S(=O)(=O)N[C@@H](Cc1ccccc1)C(=O)NC1CC1. The number of methoxy groups -OCH3 is 1. The van der Waals surface area contributed by atoms with Gasteiger partial charge in [0, 0.05) is 11.1 Å². The van der Waals surface area contributed by atoms with Crippen LogP contribution < -0.4 is 14.8 Å². The van der Waals surface area contributed by atoms with Gasteiger partial charge in [0.15, 0.2) is 0 Å². The summed E-state index contributed by atoms with van der Waals surface area (Å²) in [5.41, 5.74) is 0.856. The van der Waals surface area contributed by atoms with Gasteiger partial charge in [-0.3, -0.25) is 4.79 Å². The predicted molar refractivity (Wildman–Crippen MR) is 103 cm³/mol. The molecule has 27 heavy (non-hydrogen) atoms. The molecule has 0 saturated heterocycles. The highest BCUT2D eigenvalue weighted by molar-refractivity contribution is 7.89. The standard InChI is InChI=1S/C19H21ClN2O4S/c1-26-17-10-7-14(20)12-18(17)27(24,25)22-16(19(23)21-15-8-9-15)11-13-5-3-2-4-6-13/h2-7,10,12,15-16,22H,8-9,11H2,1H3,(H,21,23)/t16-/m0/s1.